The first kappa shape index (κ1) is 32.5. The maximum absolute atomic E-state index is 7.12. The lowest BCUT2D eigenvalue weighted by Crippen LogP contribution is -2.25. The van der Waals surface area contributed by atoms with Crippen molar-refractivity contribution in [2.75, 3.05) is 0 Å². The first-order chi connectivity index (χ1) is 26.0. The van der Waals surface area contributed by atoms with Crippen LogP contribution in [0, 0.1) is 0 Å². The van der Waals surface area contributed by atoms with Crippen molar-refractivity contribution in [2.24, 2.45) is 0 Å². The minimum absolute atomic E-state index is 0.0326. The largest absolute Gasteiger partial charge is 0.454 e. The molecule has 0 saturated carbocycles. The van der Waals surface area contributed by atoms with Crippen molar-refractivity contribution >= 4 is 23.5 Å². The van der Waals surface area contributed by atoms with E-state index in [1.165, 1.54) is 81.4 Å². The van der Waals surface area contributed by atoms with Crippen LogP contribution in [0.1, 0.15) is 74.9 Å². The van der Waals surface area contributed by atoms with Crippen molar-refractivity contribution in [2.45, 2.75) is 77.4 Å². The van der Waals surface area contributed by atoms with Gasteiger partial charge in [0.05, 0.1) is 9.79 Å². The molecule has 2 aliphatic carbocycles. The maximum Gasteiger partial charge on any atom is 0.149 e. The van der Waals surface area contributed by atoms with Gasteiger partial charge in [-0.3, -0.25) is 0 Å². The minimum atomic E-state index is -0.148. The predicted molar refractivity (Wildman–Crippen MR) is 226 cm³/mol. The summed E-state index contributed by atoms with van der Waals surface area (Å²) >= 11 is 3.79. The second kappa shape index (κ2) is 11.1. The summed E-state index contributed by atoms with van der Waals surface area (Å²) < 4.78 is 7.12. The Morgan fingerprint density at radius 3 is 1.63 bits per heavy atom. The maximum atomic E-state index is 7.12. The first-order valence-corrected chi connectivity index (χ1v) is 20.6. The average Bonchev–Trinajstić information content (AvgIpc) is 3.57. The van der Waals surface area contributed by atoms with Crippen LogP contribution in [-0.4, -0.2) is 0 Å². The molecule has 7 aromatic carbocycles. The van der Waals surface area contributed by atoms with E-state index in [0.717, 1.165) is 27.5 Å². The van der Waals surface area contributed by atoms with Gasteiger partial charge in [0.1, 0.15) is 11.5 Å². The van der Waals surface area contributed by atoms with E-state index in [1.54, 1.807) is 0 Å². The molecule has 7 aromatic rings. The standard InChI is InChI=1S/C51H40OS2/c1-49(2)35-20-9-7-16-33(35)43-37(49)26-27-42-46(43)52-45-31(18-13-23-41(45)53-42)29-14-11-15-30(28-29)32-19-12-22-39-47(32)54-48-40(51(39,5)6)25-24-38-44(48)34-17-8-10-21-36(34)50(38,3)4/h7-28H,1-6H3. The molecule has 0 aromatic heterocycles. The zero-order valence-corrected chi connectivity index (χ0v) is 33.1. The minimum Gasteiger partial charge on any atom is -0.454 e. The molecule has 2 aliphatic heterocycles. The summed E-state index contributed by atoms with van der Waals surface area (Å²) in [6, 6.07) is 49.9. The number of fused-ring (bicyclic) bond motifs is 12. The van der Waals surface area contributed by atoms with Crippen LogP contribution in [0.2, 0.25) is 0 Å². The van der Waals surface area contributed by atoms with E-state index in [9.17, 15) is 0 Å². The van der Waals surface area contributed by atoms with Gasteiger partial charge in [0.15, 0.2) is 0 Å². The van der Waals surface area contributed by atoms with Crippen LogP contribution in [-0.2, 0) is 16.2 Å². The summed E-state index contributed by atoms with van der Waals surface area (Å²) in [6.45, 7) is 14.2. The number of hydrogen-bond acceptors (Lipinski definition) is 3. The number of ether oxygens (including phenoxy) is 1. The Labute approximate surface area is 326 Å². The molecular formula is C51H40OS2. The Morgan fingerprint density at radius 1 is 0.370 bits per heavy atom. The Balaban J connectivity index is 1.03. The molecule has 2 heterocycles. The highest BCUT2D eigenvalue weighted by molar-refractivity contribution is 8.00. The smallest absolute Gasteiger partial charge is 0.149 e. The van der Waals surface area contributed by atoms with E-state index in [2.05, 4.69) is 175 Å². The second-order valence-corrected chi connectivity index (χ2v) is 19.0. The quantitative estimate of drug-likeness (QED) is 0.175. The molecule has 0 amide bonds. The van der Waals surface area contributed by atoms with Crippen molar-refractivity contribution in [3.05, 3.63) is 167 Å². The second-order valence-electron chi connectivity index (χ2n) is 16.8. The number of para-hydroxylation sites is 1. The predicted octanol–water partition coefficient (Wildman–Crippen LogP) is 14.7. The van der Waals surface area contributed by atoms with E-state index in [-0.39, 0.29) is 16.2 Å². The average molecular weight is 733 g/mol. The van der Waals surface area contributed by atoms with Gasteiger partial charge in [-0.15, -0.1) is 0 Å². The Kier molecular flexibility index (Phi) is 6.65. The molecule has 0 spiro atoms. The normalized spacial score (nSPS) is 16.8. The van der Waals surface area contributed by atoms with Crippen LogP contribution in [0.4, 0.5) is 0 Å². The van der Waals surface area contributed by atoms with Crippen molar-refractivity contribution in [1.29, 1.82) is 0 Å². The monoisotopic (exact) mass is 732 g/mol. The molecule has 0 bridgehead atoms. The van der Waals surface area contributed by atoms with Crippen LogP contribution in [0.15, 0.2) is 153 Å². The van der Waals surface area contributed by atoms with Crippen LogP contribution >= 0.6 is 23.5 Å². The van der Waals surface area contributed by atoms with Crippen LogP contribution < -0.4 is 4.74 Å². The van der Waals surface area contributed by atoms with Gasteiger partial charge in [0, 0.05) is 42.7 Å². The molecule has 54 heavy (non-hydrogen) atoms. The highest BCUT2D eigenvalue weighted by atomic mass is 32.2. The Bertz CT molecular complexity index is 2780. The third kappa shape index (κ3) is 4.26. The summed E-state index contributed by atoms with van der Waals surface area (Å²) in [7, 11) is 0. The fourth-order valence-electron chi connectivity index (χ4n) is 9.90. The van der Waals surface area contributed by atoms with Gasteiger partial charge in [-0.2, -0.15) is 0 Å². The van der Waals surface area contributed by atoms with Gasteiger partial charge in [-0.25, -0.2) is 0 Å². The molecule has 4 aliphatic rings. The third-order valence-corrected chi connectivity index (χ3v) is 15.2. The summed E-state index contributed by atoms with van der Waals surface area (Å²) in [6.07, 6.45) is 0. The highest BCUT2D eigenvalue weighted by Gasteiger charge is 2.43. The van der Waals surface area contributed by atoms with E-state index in [4.69, 9.17) is 4.74 Å². The molecule has 11 rings (SSSR count). The molecule has 0 fully saturated rings. The highest BCUT2D eigenvalue weighted by Crippen LogP contribution is 2.62. The number of rotatable bonds is 2. The van der Waals surface area contributed by atoms with E-state index in [1.807, 2.05) is 23.5 Å². The van der Waals surface area contributed by atoms with Crippen LogP contribution in [0.5, 0.6) is 11.5 Å². The number of benzene rings is 7. The summed E-state index contributed by atoms with van der Waals surface area (Å²) in [4.78, 5) is 5.09. The topological polar surface area (TPSA) is 9.23 Å². The third-order valence-electron chi connectivity index (χ3n) is 12.8. The van der Waals surface area contributed by atoms with Crippen molar-refractivity contribution in [3.63, 3.8) is 0 Å². The molecular weight excluding hydrogens is 693 g/mol. The van der Waals surface area contributed by atoms with Gasteiger partial charge in [-0.05, 0) is 79.4 Å². The fourth-order valence-corrected chi connectivity index (χ4v) is 12.6. The molecule has 0 radical (unpaired) electrons. The van der Waals surface area contributed by atoms with Crippen molar-refractivity contribution < 1.29 is 4.74 Å². The Morgan fingerprint density at radius 2 is 0.870 bits per heavy atom. The first-order valence-electron chi connectivity index (χ1n) is 19.0. The van der Waals surface area contributed by atoms with Gasteiger partial charge in [0.25, 0.3) is 0 Å². The van der Waals surface area contributed by atoms with E-state index < -0.39 is 0 Å². The zero-order chi connectivity index (χ0) is 36.7. The van der Waals surface area contributed by atoms with E-state index >= 15 is 0 Å². The molecule has 0 saturated heterocycles. The summed E-state index contributed by atoms with van der Waals surface area (Å²) in [5.41, 5.74) is 18.2. The summed E-state index contributed by atoms with van der Waals surface area (Å²) in [5, 5.41) is 0. The summed E-state index contributed by atoms with van der Waals surface area (Å²) in [5.74, 6) is 1.93. The molecule has 1 nitrogen and oxygen atoms in total. The van der Waals surface area contributed by atoms with Gasteiger partial charge >= 0.3 is 0 Å². The lowest BCUT2D eigenvalue weighted by atomic mass is 9.75. The molecule has 262 valence electrons. The molecule has 0 N–H and O–H groups in total. The lowest BCUT2D eigenvalue weighted by molar-refractivity contribution is 0.457. The SMILES string of the molecule is CC1(C)c2cccc(-c3cccc(-c4cccc5c4Oc4c(ccc6c4-c4ccccc4C6(C)C)S5)c3)c2Sc2c1ccc1c2-c2ccccc2C1(C)C. The molecule has 0 atom stereocenters. The van der Waals surface area contributed by atoms with Crippen molar-refractivity contribution in [3.8, 4) is 56.0 Å². The number of hydrogen-bond donors (Lipinski definition) is 0. The van der Waals surface area contributed by atoms with Gasteiger partial charge in [-0.1, -0.05) is 180 Å². The van der Waals surface area contributed by atoms with Crippen LogP contribution in [0.3, 0.4) is 0 Å². The van der Waals surface area contributed by atoms with Crippen molar-refractivity contribution in [1.82, 2.24) is 0 Å². The van der Waals surface area contributed by atoms with Gasteiger partial charge in [0.2, 0.25) is 0 Å². The zero-order valence-electron chi connectivity index (χ0n) is 31.4. The van der Waals surface area contributed by atoms with Crippen LogP contribution in [0.25, 0.3) is 44.5 Å². The Hall–Kier alpha value is -4.96. The molecule has 3 heteroatoms. The fraction of sp³-hybridized carbons (Fsp3) is 0.176. The lowest BCUT2D eigenvalue weighted by Gasteiger charge is -2.37. The van der Waals surface area contributed by atoms with E-state index in [0.29, 0.717) is 0 Å². The van der Waals surface area contributed by atoms with Gasteiger partial charge < -0.3 is 4.74 Å². The molecule has 0 unspecified atom stereocenters.